The molecular formula is C22H23FN4O3. The third kappa shape index (κ3) is 4.07. The molecule has 7 nitrogen and oxygen atoms in total. The number of aromatic nitrogens is 3. The van der Waals surface area contributed by atoms with E-state index in [0.29, 0.717) is 24.1 Å². The van der Waals surface area contributed by atoms with Gasteiger partial charge in [0, 0.05) is 12.6 Å². The lowest BCUT2D eigenvalue weighted by atomic mass is 10.1. The Morgan fingerprint density at radius 2 is 1.87 bits per heavy atom. The summed E-state index contributed by atoms with van der Waals surface area (Å²) in [6.07, 6.45) is 0.670. The SMILES string of the molecule is CCCNC(=O)c1nn(-c2ccc(C)c(F)c2)c(=O)n(C(C)c2ccccc2)c1=O. The number of hydrogen-bond donors (Lipinski definition) is 1. The first-order valence-electron chi connectivity index (χ1n) is 9.70. The fourth-order valence-corrected chi connectivity index (χ4v) is 3.06. The van der Waals surface area contributed by atoms with Crippen LogP contribution in [0.4, 0.5) is 4.39 Å². The molecule has 1 amide bonds. The van der Waals surface area contributed by atoms with Crippen molar-refractivity contribution in [3.8, 4) is 5.69 Å². The lowest BCUT2D eigenvalue weighted by molar-refractivity contribution is 0.0943. The van der Waals surface area contributed by atoms with Gasteiger partial charge in [0.25, 0.3) is 11.5 Å². The van der Waals surface area contributed by atoms with Crippen molar-refractivity contribution in [1.29, 1.82) is 0 Å². The van der Waals surface area contributed by atoms with Gasteiger partial charge in [-0.15, -0.1) is 0 Å². The van der Waals surface area contributed by atoms with E-state index in [1.54, 1.807) is 38.1 Å². The second-order valence-electron chi connectivity index (χ2n) is 6.99. The van der Waals surface area contributed by atoms with Crippen molar-refractivity contribution in [2.45, 2.75) is 33.2 Å². The molecule has 0 spiro atoms. The van der Waals surface area contributed by atoms with Crippen LogP contribution in [0.1, 0.15) is 47.9 Å². The number of hydrogen-bond acceptors (Lipinski definition) is 4. The van der Waals surface area contributed by atoms with E-state index in [0.717, 1.165) is 15.3 Å². The predicted octanol–water partition coefficient (Wildman–Crippen LogP) is 2.59. The number of aryl methyl sites for hydroxylation is 1. The smallest absolute Gasteiger partial charge is 0.350 e. The van der Waals surface area contributed by atoms with E-state index in [2.05, 4.69) is 10.4 Å². The summed E-state index contributed by atoms with van der Waals surface area (Å²) in [5, 5.41) is 6.60. The zero-order valence-corrected chi connectivity index (χ0v) is 17.1. The third-order valence-corrected chi connectivity index (χ3v) is 4.83. The van der Waals surface area contributed by atoms with Gasteiger partial charge in [-0.3, -0.25) is 9.59 Å². The molecule has 1 aromatic heterocycles. The number of carbonyl (C=O) groups excluding carboxylic acids is 1. The first-order chi connectivity index (χ1) is 14.3. The topological polar surface area (TPSA) is 86.0 Å². The Bertz CT molecular complexity index is 1190. The summed E-state index contributed by atoms with van der Waals surface area (Å²) in [6.45, 7) is 5.51. The maximum absolute atomic E-state index is 14.1. The van der Waals surface area contributed by atoms with Crippen LogP contribution in [0, 0.1) is 12.7 Å². The van der Waals surface area contributed by atoms with Gasteiger partial charge in [-0.05, 0) is 37.5 Å². The average Bonchev–Trinajstić information content (AvgIpc) is 2.75. The van der Waals surface area contributed by atoms with E-state index in [1.165, 1.54) is 12.1 Å². The molecule has 156 valence electrons. The van der Waals surface area contributed by atoms with Crippen LogP contribution in [0.3, 0.4) is 0 Å². The van der Waals surface area contributed by atoms with Gasteiger partial charge in [0.2, 0.25) is 5.69 Å². The van der Waals surface area contributed by atoms with Crippen molar-refractivity contribution in [2.75, 3.05) is 6.54 Å². The maximum Gasteiger partial charge on any atom is 0.352 e. The minimum absolute atomic E-state index is 0.127. The van der Waals surface area contributed by atoms with Gasteiger partial charge >= 0.3 is 5.69 Å². The van der Waals surface area contributed by atoms with Crippen LogP contribution in [0.15, 0.2) is 58.1 Å². The number of nitrogens with zero attached hydrogens (tertiary/aromatic N) is 3. The minimum atomic E-state index is -0.797. The molecule has 1 heterocycles. The normalized spacial score (nSPS) is 11.9. The summed E-state index contributed by atoms with van der Waals surface area (Å²) >= 11 is 0. The quantitative estimate of drug-likeness (QED) is 0.677. The molecule has 3 rings (SSSR count). The largest absolute Gasteiger partial charge is 0.352 e. The standard InChI is InChI=1S/C22H23FN4O3/c1-4-12-24-20(28)19-21(29)26(15(3)16-8-6-5-7-9-16)22(30)27(25-19)17-11-10-14(2)18(23)13-17/h5-11,13,15H,4,12H2,1-3H3,(H,24,28). The molecule has 8 heteroatoms. The molecule has 0 fully saturated rings. The van der Waals surface area contributed by atoms with Crippen molar-refractivity contribution in [2.24, 2.45) is 0 Å². The van der Waals surface area contributed by atoms with Crippen LogP contribution in [-0.2, 0) is 0 Å². The number of nitrogens with one attached hydrogen (secondary N) is 1. The van der Waals surface area contributed by atoms with Gasteiger partial charge < -0.3 is 5.32 Å². The van der Waals surface area contributed by atoms with Crippen LogP contribution in [0.5, 0.6) is 0 Å². The Labute approximate surface area is 172 Å². The summed E-state index contributed by atoms with van der Waals surface area (Å²) in [7, 11) is 0. The summed E-state index contributed by atoms with van der Waals surface area (Å²) < 4.78 is 16.0. The fourth-order valence-electron chi connectivity index (χ4n) is 3.06. The monoisotopic (exact) mass is 410 g/mol. The Morgan fingerprint density at radius 1 is 1.17 bits per heavy atom. The lowest BCUT2D eigenvalue weighted by Crippen LogP contribution is -2.47. The van der Waals surface area contributed by atoms with Crippen LogP contribution in [0.2, 0.25) is 0 Å². The summed E-state index contributed by atoms with van der Waals surface area (Å²) in [5.41, 5.74) is -0.739. The highest BCUT2D eigenvalue weighted by Crippen LogP contribution is 2.15. The van der Waals surface area contributed by atoms with E-state index in [4.69, 9.17) is 0 Å². The Balaban J connectivity index is 2.27. The van der Waals surface area contributed by atoms with Crippen LogP contribution in [-0.4, -0.2) is 26.8 Å². The third-order valence-electron chi connectivity index (χ3n) is 4.83. The molecule has 1 atom stereocenters. The number of benzene rings is 2. The summed E-state index contributed by atoms with van der Waals surface area (Å²) in [6, 6.07) is 12.5. The van der Waals surface area contributed by atoms with Crippen molar-refractivity contribution in [3.05, 3.63) is 92.0 Å². The van der Waals surface area contributed by atoms with Gasteiger partial charge in [0.05, 0.1) is 11.7 Å². The van der Waals surface area contributed by atoms with E-state index < -0.39 is 34.7 Å². The van der Waals surface area contributed by atoms with Crippen molar-refractivity contribution >= 4 is 5.91 Å². The van der Waals surface area contributed by atoms with Gasteiger partial charge in [-0.25, -0.2) is 13.8 Å². The number of carbonyl (C=O) groups is 1. The number of amides is 1. The molecular weight excluding hydrogens is 387 g/mol. The van der Waals surface area contributed by atoms with Gasteiger partial charge in [0.15, 0.2) is 0 Å². The minimum Gasteiger partial charge on any atom is -0.350 e. The predicted molar refractivity (Wildman–Crippen MR) is 112 cm³/mol. The highest BCUT2D eigenvalue weighted by molar-refractivity contribution is 5.91. The average molecular weight is 410 g/mol. The zero-order valence-electron chi connectivity index (χ0n) is 17.1. The molecule has 2 aromatic carbocycles. The summed E-state index contributed by atoms with van der Waals surface area (Å²) in [5.74, 6) is -1.20. The first kappa shape index (κ1) is 21.2. The molecule has 0 saturated heterocycles. The zero-order chi connectivity index (χ0) is 21.8. The Morgan fingerprint density at radius 3 is 2.50 bits per heavy atom. The van der Waals surface area contributed by atoms with Crippen molar-refractivity contribution in [3.63, 3.8) is 0 Å². The van der Waals surface area contributed by atoms with Crippen LogP contribution >= 0.6 is 0 Å². The number of rotatable bonds is 6. The first-order valence-corrected chi connectivity index (χ1v) is 9.70. The van der Waals surface area contributed by atoms with Crippen LogP contribution < -0.4 is 16.6 Å². The van der Waals surface area contributed by atoms with Gasteiger partial charge in [0.1, 0.15) is 5.82 Å². The molecule has 0 bridgehead atoms. The molecule has 1 unspecified atom stereocenters. The highest BCUT2D eigenvalue weighted by Gasteiger charge is 2.23. The summed E-state index contributed by atoms with van der Waals surface area (Å²) in [4.78, 5) is 38.8. The Kier molecular flexibility index (Phi) is 6.25. The molecule has 3 aromatic rings. The van der Waals surface area contributed by atoms with E-state index >= 15 is 0 Å². The molecule has 0 aliphatic rings. The maximum atomic E-state index is 14.1. The van der Waals surface area contributed by atoms with Gasteiger partial charge in [-0.2, -0.15) is 9.78 Å². The second kappa shape index (κ2) is 8.86. The molecule has 0 aliphatic heterocycles. The molecule has 0 saturated carbocycles. The fraction of sp³-hybridized carbons (Fsp3) is 0.273. The molecule has 1 N–H and O–H groups in total. The van der Waals surface area contributed by atoms with Crippen LogP contribution in [0.25, 0.3) is 5.69 Å². The van der Waals surface area contributed by atoms with Gasteiger partial charge in [-0.1, -0.05) is 43.3 Å². The van der Waals surface area contributed by atoms with E-state index in [-0.39, 0.29) is 5.69 Å². The molecule has 0 radical (unpaired) electrons. The molecule has 30 heavy (non-hydrogen) atoms. The number of halogens is 1. The van der Waals surface area contributed by atoms with E-state index in [9.17, 15) is 18.8 Å². The second-order valence-corrected chi connectivity index (χ2v) is 6.99. The lowest BCUT2D eigenvalue weighted by Gasteiger charge is -2.18. The highest BCUT2D eigenvalue weighted by atomic mass is 19.1. The Hall–Kier alpha value is -3.55. The molecule has 0 aliphatic carbocycles. The van der Waals surface area contributed by atoms with Crippen molar-refractivity contribution < 1.29 is 9.18 Å². The van der Waals surface area contributed by atoms with E-state index in [1.807, 2.05) is 13.0 Å². The van der Waals surface area contributed by atoms with Crippen molar-refractivity contribution in [1.82, 2.24) is 19.7 Å².